The van der Waals surface area contributed by atoms with Gasteiger partial charge in [-0.3, -0.25) is 37.7 Å². The van der Waals surface area contributed by atoms with Gasteiger partial charge in [-0.1, -0.05) is 79.0 Å². The Kier molecular flexibility index (Phi) is 26.8. The topological polar surface area (TPSA) is 554 Å². The molecule has 2 fully saturated rings. The minimum absolute atomic E-state index is 0.126. The third-order valence-corrected chi connectivity index (χ3v) is 21.8. The standard InChI is InChI=1S/C76H89Cl2N9O26S/c1-30(2)19-44(81-9)69(98)86-58-60(92)37-14-17-48(42(77)23-37)109-50-11-10-12-51(64(50)113-75-65(112-54-28-76(8,80)67(96)35(7)108-54)63(95)62(94)52(111-75)29-107-114(105,106)66-32(4)20-31(3)21-33(66)5)110-49-18-15-38(24-43(49)78)61(93)59-73(102)85-57(74(103)104)41-25-39(88)26-47(90)55(41)40-22-36(13-16-46(40)89)56(71(100)87-59)84-68(97)34(6)82-70(99)45(27-53(79)91)83-72(58)101/h10-18,20-26,30,34-35,44-45,52,54,56-63,65,67,75,81,88-90,92-96H,19,27-29,80H2,1-9H3,(H2,79,91)(H,82,99)(H,83,101)(H,84,97)(H,85,102)(H,86,98)(H,87,100)(H,103,104)/t34-,35?,44-,45+,52?,54?,56?,57-,58-,59+,60-,61-,62?,63?,65?,67?,75?,76?/m1/s1. The van der Waals surface area contributed by atoms with Gasteiger partial charge >= 0.3 is 5.97 Å². The van der Waals surface area contributed by atoms with Crippen molar-refractivity contribution in [2.75, 3.05) is 13.7 Å². The van der Waals surface area contributed by atoms with Crippen LogP contribution in [0.3, 0.4) is 0 Å². The average Bonchev–Trinajstić information content (AvgIpc) is 0.768. The number of phenolic OH excluding ortho intramolecular Hbond substituents is 3. The third-order valence-electron chi connectivity index (χ3n) is 19.6. The van der Waals surface area contributed by atoms with Crippen molar-refractivity contribution < 1.29 is 125 Å². The molecule has 0 saturated carbocycles. The summed E-state index contributed by atoms with van der Waals surface area (Å²) in [6.07, 6.45) is -19.1. The highest BCUT2D eigenvalue weighted by molar-refractivity contribution is 7.86. The van der Waals surface area contributed by atoms with Crippen LogP contribution in [0.5, 0.6) is 46.0 Å². The number of aryl methyl sites for hydroxylation is 3. The Morgan fingerprint density at radius 1 is 0.711 bits per heavy atom. The molecule has 114 heavy (non-hydrogen) atoms. The number of aliphatic hydroxyl groups is 5. The van der Waals surface area contributed by atoms with E-state index in [1.54, 1.807) is 46.8 Å². The van der Waals surface area contributed by atoms with Crippen molar-refractivity contribution in [2.24, 2.45) is 17.4 Å². The summed E-state index contributed by atoms with van der Waals surface area (Å²) in [5.74, 6) is -14.9. The highest BCUT2D eigenvalue weighted by Gasteiger charge is 2.52. The van der Waals surface area contributed by atoms with Gasteiger partial charge in [-0.2, -0.15) is 8.42 Å². The fraction of sp³-hybridized carbons (Fsp3) is 0.421. The minimum Gasteiger partial charge on any atom is -0.508 e. The molecule has 0 aromatic heterocycles. The molecule has 18 atom stereocenters. The van der Waals surface area contributed by atoms with Gasteiger partial charge in [0.15, 0.2) is 29.9 Å². The number of aliphatic hydroxyl groups excluding tert-OH is 5. The number of carbonyl (C=O) groups excluding carboxylic acids is 7. The highest BCUT2D eigenvalue weighted by atomic mass is 35.5. The predicted octanol–water partition coefficient (Wildman–Crippen LogP) is 2.78. The molecule has 10 bridgehead atoms. The Morgan fingerprint density at radius 3 is 1.90 bits per heavy atom. The molecule has 6 aliphatic heterocycles. The zero-order chi connectivity index (χ0) is 83.6. The molecule has 6 heterocycles. The number of nitrogens with two attached hydrogens (primary N) is 2. The predicted molar refractivity (Wildman–Crippen MR) is 403 cm³/mol. The third kappa shape index (κ3) is 19.3. The van der Waals surface area contributed by atoms with Gasteiger partial charge in [-0.05, 0) is 143 Å². The number of phenols is 3. The molecule has 7 amide bonds. The molecule has 0 aliphatic carbocycles. The van der Waals surface area contributed by atoms with Crippen LogP contribution in [0.15, 0.2) is 102 Å². The van der Waals surface area contributed by atoms with Crippen LogP contribution < -0.4 is 62.9 Å². The van der Waals surface area contributed by atoms with Gasteiger partial charge in [0.25, 0.3) is 10.1 Å². The second-order valence-electron chi connectivity index (χ2n) is 29.0. The molecule has 12 rings (SSSR count). The summed E-state index contributed by atoms with van der Waals surface area (Å²) < 4.78 is 72.3. The quantitative estimate of drug-likeness (QED) is 0.0619. The second-order valence-corrected chi connectivity index (χ2v) is 31.4. The van der Waals surface area contributed by atoms with Gasteiger partial charge in [0.05, 0.1) is 46.2 Å². The van der Waals surface area contributed by atoms with Gasteiger partial charge in [-0.25, -0.2) is 4.79 Å². The fourth-order valence-corrected chi connectivity index (χ4v) is 15.7. The molecule has 2 saturated heterocycles. The van der Waals surface area contributed by atoms with E-state index in [0.29, 0.717) is 11.1 Å². The number of carboxylic acids is 1. The van der Waals surface area contributed by atoms with Crippen LogP contribution in [-0.2, 0) is 66.9 Å². The lowest BCUT2D eigenvalue weighted by Gasteiger charge is -2.47. The first-order chi connectivity index (χ1) is 53.6. The molecule has 10 unspecified atom stereocenters. The number of nitrogens with one attached hydrogen (secondary N) is 7. The summed E-state index contributed by atoms with van der Waals surface area (Å²) in [5, 5.41) is 121. The number of aliphatic carboxylic acids is 1. The van der Waals surface area contributed by atoms with Crippen LogP contribution in [0.1, 0.15) is 117 Å². The van der Waals surface area contributed by atoms with Crippen molar-refractivity contribution in [1.29, 1.82) is 0 Å². The van der Waals surface area contributed by atoms with Crippen molar-refractivity contribution in [3.63, 3.8) is 0 Å². The lowest BCUT2D eigenvalue weighted by molar-refractivity contribution is -0.333. The van der Waals surface area contributed by atoms with E-state index < -0.39 is 230 Å². The number of hydrogen-bond acceptors (Lipinski definition) is 27. The summed E-state index contributed by atoms with van der Waals surface area (Å²) in [6, 6.07) is 5.13. The summed E-state index contributed by atoms with van der Waals surface area (Å²) >= 11 is 14.1. The van der Waals surface area contributed by atoms with E-state index in [9.17, 15) is 87.9 Å². The molecule has 0 radical (unpaired) electrons. The van der Waals surface area contributed by atoms with E-state index >= 15 is 4.79 Å². The van der Waals surface area contributed by atoms with Crippen LogP contribution in [0.2, 0.25) is 10.0 Å². The summed E-state index contributed by atoms with van der Waals surface area (Å²) in [4.78, 5) is 114. The monoisotopic (exact) mass is 1650 g/mol. The van der Waals surface area contributed by atoms with E-state index in [1.165, 1.54) is 51.2 Å². The van der Waals surface area contributed by atoms with Gasteiger partial charge in [0.2, 0.25) is 53.4 Å². The van der Waals surface area contributed by atoms with E-state index in [0.717, 1.165) is 67.1 Å². The molecule has 35 nitrogen and oxygen atoms in total. The summed E-state index contributed by atoms with van der Waals surface area (Å²) in [7, 11) is -3.22. The molecule has 614 valence electrons. The van der Waals surface area contributed by atoms with Crippen LogP contribution in [0, 0.1) is 26.7 Å². The number of fused-ring (bicyclic) bond motifs is 6. The average molecular weight is 1650 g/mol. The van der Waals surface area contributed by atoms with Crippen molar-refractivity contribution in [1.82, 2.24) is 37.2 Å². The number of carbonyl (C=O) groups is 8. The van der Waals surface area contributed by atoms with E-state index in [4.69, 9.17) is 67.3 Å². The SMILES string of the molecule is CN[C@H](CC(C)C)C(=O)N[C@H]1C(=O)N[C@@H](CC(N)=O)C(=O)N[C@H](C)C(=O)NC2C(=O)N[C@H](C(=O)N[C@@H](C(=O)O)c3cc(O)cc(O)c3-c3cc2ccc3O)[C@H](O)c2ccc(c(Cl)c2)Oc2cccc(c2OC2OC(COS(=O)(=O)c3c(C)cc(C)cc3C)C(O)C(O)C2OC2CC(C)(N)C(O)C(C)O2)Oc2ccc(cc2Cl)[C@H]1O. The smallest absolute Gasteiger partial charge is 0.330 e. The lowest BCUT2D eigenvalue weighted by atomic mass is 9.86. The Morgan fingerprint density at radius 2 is 1.32 bits per heavy atom. The maximum atomic E-state index is 15.2. The molecule has 6 aromatic carbocycles. The summed E-state index contributed by atoms with van der Waals surface area (Å²) in [6.45, 7) is 11.6. The number of para-hydroxylation sites is 1. The van der Waals surface area contributed by atoms with Crippen molar-refractivity contribution in [3.05, 3.63) is 146 Å². The van der Waals surface area contributed by atoms with Crippen molar-refractivity contribution >= 4 is 80.6 Å². The number of benzene rings is 6. The van der Waals surface area contributed by atoms with Gasteiger partial charge < -0.3 is 123 Å². The highest BCUT2D eigenvalue weighted by Crippen LogP contribution is 2.48. The van der Waals surface area contributed by atoms with Crippen molar-refractivity contribution in [3.8, 4) is 57.1 Å². The number of primary amides is 1. The molecule has 6 aromatic rings. The fourth-order valence-electron chi connectivity index (χ4n) is 13.9. The first kappa shape index (κ1) is 86.4. The second kappa shape index (κ2) is 35.4. The summed E-state index contributed by atoms with van der Waals surface area (Å²) in [5.41, 5.74) is 9.79. The Labute approximate surface area is 662 Å². The van der Waals surface area contributed by atoms with Crippen LogP contribution in [0.4, 0.5) is 0 Å². The molecule has 20 N–H and O–H groups in total. The normalized spacial score (nSPS) is 27.4. The minimum atomic E-state index is -4.68. The molecule has 0 spiro atoms. The van der Waals surface area contributed by atoms with Crippen LogP contribution in [-0.4, -0.2) is 200 Å². The molecular weight excluding hydrogens is 1560 g/mol. The van der Waals surface area contributed by atoms with E-state index in [2.05, 4.69) is 37.2 Å². The number of ether oxygens (including phenoxy) is 6. The Hall–Kier alpha value is -10.0. The first-order valence-corrected chi connectivity index (χ1v) is 38.0. The molecule has 38 heteroatoms. The van der Waals surface area contributed by atoms with Gasteiger partial charge in [0, 0.05) is 34.7 Å². The van der Waals surface area contributed by atoms with E-state index in [1.807, 2.05) is 0 Å². The van der Waals surface area contributed by atoms with Gasteiger partial charge in [0.1, 0.15) is 89.5 Å². The number of aromatic hydroxyl groups is 3. The maximum absolute atomic E-state index is 15.2. The number of hydrogen-bond donors (Lipinski definition) is 18. The number of likely N-dealkylation sites (N-methyl/N-ethyl adjacent to an activating group) is 1. The first-order valence-electron chi connectivity index (χ1n) is 35.8. The van der Waals surface area contributed by atoms with E-state index in [-0.39, 0.29) is 62.6 Å². The van der Waals surface area contributed by atoms with Crippen LogP contribution >= 0.6 is 23.2 Å². The Balaban J connectivity index is 1.14. The number of carboxylic acid groups (broad SMARTS) is 1. The van der Waals surface area contributed by atoms with Crippen molar-refractivity contribution in [2.45, 2.75) is 189 Å². The number of rotatable bonds is 16. The zero-order valence-corrected chi connectivity index (χ0v) is 65.1. The maximum Gasteiger partial charge on any atom is 0.330 e. The lowest BCUT2D eigenvalue weighted by Crippen LogP contribution is -2.64. The molecule has 6 aliphatic rings. The zero-order valence-electron chi connectivity index (χ0n) is 62.7. The van der Waals surface area contributed by atoms with Gasteiger partial charge in [-0.15, -0.1) is 0 Å². The number of halogens is 2. The number of amides is 7. The Bertz CT molecular complexity index is 4800. The molecular formula is C76H89Cl2N9O26S. The largest absolute Gasteiger partial charge is 0.508 e. The van der Waals surface area contributed by atoms with Crippen LogP contribution in [0.25, 0.3) is 11.1 Å².